The highest BCUT2D eigenvalue weighted by Gasteiger charge is 2.77. The fraction of sp³-hybridized carbons (Fsp3) is 1.00. The van der Waals surface area contributed by atoms with E-state index < -0.39 is 49.3 Å². The molecule has 0 amide bonds. The highest BCUT2D eigenvalue weighted by atomic mass is 79.9. The summed E-state index contributed by atoms with van der Waals surface area (Å²) in [6.07, 6.45) is -1.33. The van der Waals surface area contributed by atoms with E-state index in [2.05, 4.69) is 98.2 Å². The third-order valence-corrected chi connectivity index (χ3v) is 208. The van der Waals surface area contributed by atoms with Crippen molar-refractivity contribution in [3.63, 3.8) is 0 Å². The first kappa shape index (κ1) is 25.0. The molecule has 23 heavy (non-hydrogen) atoms. The van der Waals surface area contributed by atoms with Gasteiger partial charge in [0.25, 0.3) is 0 Å². The van der Waals surface area contributed by atoms with Crippen molar-refractivity contribution >= 4 is 64.6 Å². The molecule has 0 unspecified atom stereocenters. The topological polar surface area (TPSA) is 0 Å². The Morgan fingerprint density at radius 3 is 0.565 bits per heavy atom. The van der Waals surface area contributed by atoms with Gasteiger partial charge in [0.15, 0.2) is 0 Å². The molecule has 0 nitrogen and oxygen atoms in total. The maximum atomic E-state index is 4.89. The molecule has 0 saturated carbocycles. The Labute approximate surface area is 162 Å². The van der Waals surface area contributed by atoms with E-state index in [4.69, 9.17) is 15.3 Å². The van der Waals surface area contributed by atoms with Crippen LogP contribution in [0.25, 0.3) is 0 Å². The second kappa shape index (κ2) is 6.56. The van der Waals surface area contributed by atoms with Gasteiger partial charge in [-0.3, -0.25) is 0 Å². The number of rotatable bonds is 6. The molecule has 140 valence electrons. The number of hydrogen-bond acceptors (Lipinski definition) is 0. The van der Waals surface area contributed by atoms with Gasteiger partial charge >= 0.3 is 0 Å². The molecule has 0 saturated heterocycles. The number of hydrogen-bond donors (Lipinski definition) is 0. The van der Waals surface area contributed by atoms with Gasteiger partial charge in [-0.15, -0.1) is 15.3 Å². The summed E-state index contributed by atoms with van der Waals surface area (Å²) in [7, 11) is -6.10. The molecule has 0 atom stereocenters. The smallest absolute Gasteiger partial charge is 0.101 e. The second-order valence-electron chi connectivity index (χ2n) is 12.7. The minimum Gasteiger partial charge on any atom is -0.137 e. The van der Waals surface area contributed by atoms with Crippen LogP contribution in [0.4, 0.5) is 0 Å². The van der Waals surface area contributed by atoms with Gasteiger partial charge in [-0.25, -0.2) is 0 Å². The van der Waals surface area contributed by atoms with Gasteiger partial charge in [0, 0.05) is 44.1 Å². The molecule has 0 N–H and O–H groups in total. The Balaban J connectivity index is 7.46. The van der Waals surface area contributed by atoms with Crippen LogP contribution in [0, 0.1) is 0 Å². The predicted octanol–water partition coefficient (Wildman–Crippen LogP) is 6.94. The molecule has 0 rings (SSSR count). The van der Waals surface area contributed by atoms with Crippen molar-refractivity contribution in [3.05, 3.63) is 0 Å². The first-order chi connectivity index (χ1) is 9.50. The lowest BCUT2D eigenvalue weighted by molar-refractivity contribution is 1.74. The van der Waals surface area contributed by atoms with E-state index in [-0.39, 0.29) is 0 Å². The van der Waals surface area contributed by atoms with Crippen LogP contribution in [0.3, 0.4) is 0 Å². The summed E-state index contributed by atoms with van der Waals surface area (Å²) < 4.78 is 0. The third kappa shape index (κ3) is 3.70. The summed E-state index contributed by atoms with van der Waals surface area (Å²) in [5, 5.41) is -1.42. The number of halogens is 1. The molecule has 0 aromatic carbocycles. The molecule has 0 aromatic rings. The predicted molar refractivity (Wildman–Crippen MR) is 137 cm³/mol. The summed E-state index contributed by atoms with van der Waals surface area (Å²) in [5.74, 6) is 0. The Morgan fingerprint density at radius 2 is 0.522 bits per heavy atom. The Bertz CT molecular complexity index is 377. The van der Waals surface area contributed by atoms with E-state index >= 15 is 0 Å². The van der Waals surface area contributed by atoms with Crippen molar-refractivity contribution in [1.82, 2.24) is 0 Å². The lowest BCUT2D eigenvalue weighted by Crippen LogP contribution is -3.00. The minimum absolute atomic E-state index is 1.22. The van der Waals surface area contributed by atoms with Crippen LogP contribution in [0.15, 0.2) is 0 Å². The zero-order valence-corrected chi connectivity index (χ0v) is 27.5. The summed E-state index contributed by atoms with van der Waals surface area (Å²) in [6, 6.07) is 0. The highest BCUT2D eigenvalue weighted by molar-refractivity contribution is 9.32. The molecule has 0 aliphatic rings. The van der Waals surface area contributed by atoms with Crippen molar-refractivity contribution in [2.45, 2.75) is 98.2 Å². The molecular weight excluding hydrogens is 457 g/mol. The van der Waals surface area contributed by atoms with Gasteiger partial charge < -0.3 is 0 Å². The highest BCUT2D eigenvalue weighted by Crippen LogP contribution is 2.52. The van der Waals surface area contributed by atoms with Crippen LogP contribution < -0.4 is 0 Å². The van der Waals surface area contributed by atoms with Crippen LogP contribution in [0.5, 0.6) is 0 Å². The second-order valence-corrected chi connectivity index (χ2v) is 99.9. The molecule has 8 heteroatoms. The van der Waals surface area contributed by atoms with Crippen LogP contribution >= 0.6 is 15.3 Å². The third-order valence-electron chi connectivity index (χ3n) is 5.96. The molecular formula is C15H45BrSi7. The van der Waals surface area contributed by atoms with E-state index in [0.717, 1.165) is 0 Å². The van der Waals surface area contributed by atoms with Gasteiger partial charge in [0.05, 0.1) is 0 Å². The van der Waals surface area contributed by atoms with E-state index in [0.29, 0.717) is 0 Å². The lowest BCUT2D eigenvalue weighted by Gasteiger charge is -2.70. The molecule has 0 aromatic heterocycles. The Kier molecular flexibility index (Phi) is 7.13. The quantitative estimate of drug-likeness (QED) is 0.273. The van der Waals surface area contributed by atoms with Crippen LogP contribution in [0.1, 0.15) is 0 Å². The van der Waals surface area contributed by atoms with Crippen LogP contribution in [-0.2, 0) is 0 Å². The normalized spacial score (nSPS) is 16.7. The van der Waals surface area contributed by atoms with Gasteiger partial charge in [0.2, 0.25) is 0 Å². The summed E-state index contributed by atoms with van der Waals surface area (Å²) in [4.78, 5) is 0. The average molecular weight is 502 g/mol. The van der Waals surface area contributed by atoms with Crippen molar-refractivity contribution in [1.29, 1.82) is 0 Å². The summed E-state index contributed by atoms with van der Waals surface area (Å²) >= 11 is 4.89. The van der Waals surface area contributed by atoms with E-state index in [1.807, 2.05) is 0 Å². The van der Waals surface area contributed by atoms with Crippen molar-refractivity contribution in [2.24, 2.45) is 0 Å². The zero-order chi connectivity index (χ0) is 19.5. The van der Waals surface area contributed by atoms with Crippen molar-refractivity contribution < 1.29 is 0 Å². The van der Waals surface area contributed by atoms with Crippen molar-refractivity contribution in [2.75, 3.05) is 0 Å². The van der Waals surface area contributed by atoms with Crippen LogP contribution in [0.2, 0.25) is 98.2 Å². The molecule has 0 fully saturated rings. The van der Waals surface area contributed by atoms with Gasteiger partial charge in [-0.2, -0.15) is 0 Å². The minimum atomic E-state index is -1.42. The van der Waals surface area contributed by atoms with Crippen LogP contribution in [-0.4, -0.2) is 49.3 Å². The fourth-order valence-electron chi connectivity index (χ4n) is 7.18. The molecule has 0 aliphatic carbocycles. The van der Waals surface area contributed by atoms with Gasteiger partial charge in [-0.05, 0) is 0 Å². The Hall–Kier alpha value is 2.00. The first-order valence-corrected chi connectivity index (χ1v) is 38.9. The summed E-state index contributed by atoms with van der Waals surface area (Å²) in [5.41, 5.74) is 0. The monoisotopic (exact) mass is 500 g/mol. The zero-order valence-electron chi connectivity index (χ0n) is 18.9. The fourth-order valence-corrected chi connectivity index (χ4v) is 363. The largest absolute Gasteiger partial charge is 0.137 e. The molecule has 0 aliphatic heterocycles. The lowest BCUT2D eigenvalue weighted by atomic mass is 11.8. The summed E-state index contributed by atoms with van der Waals surface area (Å²) in [6.45, 7) is 41.6. The van der Waals surface area contributed by atoms with E-state index in [9.17, 15) is 0 Å². The maximum Gasteiger partial charge on any atom is 0.101 e. The van der Waals surface area contributed by atoms with E-state index in [1.165, 1.54) is 0 Å². The average Bonchev–Trinajstić information content (AvgIpc) is 2.05. The first-order valence-electron chi connectivity index (χ1n) is 9.19. The molecule has 0 heterocycles. The van der Waals surface area contributed by atoms with Crippen molar-refractivity contribution in [3.8, 4) is 0 Å². The molecule has 0 radical (unpaired) electrons. The van der Waals surface area contributed by atoms with Gasteiger partial charge in [0.1, 0.15) is 5.25 Å². The van der Waals surface area contributed by atoms with Gasteiger partial charge in [-0.1, -0.05) is 98.2 Å². The Morgan fingerprint density at radius 1 is 0.348 bits per heavy atom. The standard InChI is InChI=1S/C15H45BrSi7/c1-17(2,3)22(16,18(4,5)6)23(19(7,8)9,20(10,11)12)21(13,14)15/h1-15H3. The maximum absolute atomic E-state index is 4.89. The SMILES string of the molecule is C[Si](C)(C)[Si](Br)([Si](C)(C)C)[Si]([Si](C)(C)C)([Si](C)(C)C)[Si](C)(C)C. The molecule has 0 spiro atoms. The van der Waals surface area contributed by atoms with E-state index in [1.54, 1.807) is 0 Å². The molecule has 0 bridgehead atoms.